The number of hydrogen-bond acceptors (Lipinski definition) is 5. The van der Waals surface area contributed by atoms with Crippen LogP contribution in [0.5, 0.6) is 5.75 Å². The number of aryl methyl sites for hydroxylation is 1. The third kappa shape index (κ3) is 5.01. The van der Waals surface area contributed by atoms with Gasteiger partial charge in [0, 0.05) is 11.1 Å². The third-order valence-electron chi connectivity index (χ3n) is 5.15. The minimum atomic E-state index is -0.376. The number of hydrogen-bond donors (Lipinski definition) is 2. The number of ether oxygens (including phenoxy) is 1. The fourth-order valence-corrected chi connectivity index (χ4v) is 3.41. The van der Waals surface area contributed by atoms with Crippen LogP contribution < -0.4 is 10.2 Å². The van der Waals surface area contributed by atoms with Gasteiger partial charge in [-0.25, -0.2) is 10.1 Å². The molecule has 0 bridgehead atoms. The molecule has 2 aromatic carbocycles. The van der Waals surface area contributed by atoms with E-state index in [1.165, 1.54) is 0 Å². The number of rotatable bonds is 8. The zero-order chi connectivity index (χ0) is 23.2. The molecule has 2 N–H and O–H groups in total. The fourth-order valence-electron chi connectivity index (χ4n) is 3.41. The Morgan fingerprint density at radius 2 is 1.91 bits per heavy atom. The summed E-state index contributed by atoms with van der Waals surface area (Å²) in [6.07, 6.45) is 2.57. The van der Waals surface area contributed by atoms with Gasteiger partial charge in [0.1, 0.15) is 11.4 Å². The molecule has 2 heterocycles. The highest BCUT2D eigenvalue weighted by atomic mass is 16.5. The Kier molecular flexibility index (Phi) is 6.64. The molecule has 0 aliphatic heterocycles. The zero-order valence-electron chi connectivity index (χ0n) is 18.9. The second kappa shape index (κ2) is 9.95. The summed E-state index contributed by atoms with van der Waals surface area (Å²) in [6, 6.07) is 19.2. The van der Waals surface area contributed by atoms with E-state index in [9.17, 15) is 4.79 Å². The van der Waals surface area contributed by atoms with Crippen molar-refractivity contribution >= 4 is 12.1 Å². The normalized spacial score (nSPS) is 11.1. The number of nitrogens with one attached hydrogen (secondary N) is 2. The molecule has 4 rings (SSSR count). The van der Waals surface area contributed by atoms with Crippen molar-refractivity contribution in [3.05, 3.63) is 83.3 Å². The number of para-hydroxylation sites is 1. The number of H-pyrrole nitrogens is 1. The summed E-state index contributed by atoms with van der Waals surface area (Å²) < 4.78 is 7.46. The van der Waals surface area contributed by atoms with Crippen molar-refractivity contribution in [2.24, 2.45) is 5.10 Å². The van der Waals surface area contributed by atoms with E-state index in [2.05, 4.69) is 32.7 Å². The minimum absolute atomic E-state index is 0.321. The number of amides is 1. The second-order valence-corrected chi connectivity index (χ2v) is 7.57. The molecule has 4 aromatic rings. The molecule has 8 nitrogen and oxygen atoms in total. The summed E-state index contributed by atoms with van der Waals surface area (Å²) in [5.41, 5.74) is 8.01. The topological polar surface area (TPSA) is 97.2 Å². The Hall–Kier alpha value is -4.20. The van der Waals surface area contributed by atoms with E-state index in [4.69, 9.17) is 4.74 Å². The van der Waals surface area contributed by atoms with Crippen LogP contribution in [0.15, 0.2) is 65.8 Å². The van der Waals surface area contributed by atoms with Gasteiger partial charge < -0.3 is 4.74 Å². The lowest BCUT2D eigenvalue weighted by molar-refractivity contribution is 0.0950. The van der Waals surface area contributed by atoms with Crippen LogP contribution in [-0.4, -0.2) is 38.7 Å². The monoisotopic (exact) mass is 442 g/mol. The van der Waals surface area contributed by atoms with Gasteiger partial charge in [0.15, 0.2) is 0 Å². The molecule has 8 heteroatoms. The second-order valence-electron chi connectivity index (χ2n) is 7.57. The average molecular weight is 443 g/mol. The fraction of sp³-hybridized carbons (Fsp3) is 0.200. The first kappa shape index (κ1) is 22.0. The van der Waals surface area contributed by atoms with Gasteiger partial charge in [-0.2, -0.15) is 15.3 Å². The van der Waals surface area contributed by atoms with Crippen molar-refractivity contribution in [2.45, 2.75) is 27.2 Å². The molecular formula is C25H26N6O2. The van der Waals surface area contributed by atoms with Crippen LogP contribution in [-0.2, 0) is 0 Å². The third-order valence-corrected chi connectivity index (χ3v) is 5.15. The smallest absolute Gasteiger partial charge is 0.289 e. The molecule has 0 unspecified atom stereocenters. The molecule has 0 aliphatic rings. The lowest BCUT2D eigenvalue weighted by atomic mass is 10.1. The molecule has 33 heavy (non-hydrogen) atoms. The van der Waals surface area contributed by atoms with Crippen LogP contribution in [0.25, 0.3) is 16.9 Å². The maximum Gasteiger partial charge on any atom is 0.289 e. The highest BCUT2D eigenvalue weighted by molar-refractivity contribution is 5.94. The first-order chi connectivity index (χ1) is 16.1. The number of aromatic nitrogens is 4. The summed E-state index contributed by atoms with van der Waals surface area (Å²) in [6.45, 7) is 6.62. The summed E-state index contributed by atoms with van der Waals surface area (Å²) >= 11 is 0. The van der Waals surface area contributed by atoms with Crippen LogP contribution in [0, 0.1) is 13.8 Å². The predicted molar refractivity (Wildman–Crippen MR) is 128 cm³/mol. The van der Waals surface area contributed by atoms with Crippen molar-refractivity contribution in [1.82, 2.24) is 25.4 Å². The van der Waals surface area contributed by atoms with Gasteiger partial charge in [0.25, 0.3) is 5.91 Å². The highest BCUT2D eigenvalue weighted by Gasteiger charge is 2.13. The standard InChI is InChI=1S/C25H26N6O2/c1-4-14-33-21-12-10-19(11-13-21)23-15-24(28-27-23)25(32)29-26-16-22-17(2)30-31(18(22)3)20-8-6-5-7-9-20/h5-13,15-16H,4,14H2,1-3H3,(H,27,28)(H,29,32). The highest BCUT2D eigenvalue weighted by Crippen LogP contribution is 2.21. The van der Waals surface area contributed by atoms with E-state index in [-0.39, 0.29) is 5.91 Å². The van der Waals surface area contributed by atoms with E-state index >= 15 is 0 Å². The molecule has 0 aliphatic carbocycles. The lowest BCUT2D eigenvalue weighted by Gasteiger charge is -2.04. The Morgan fingerprint density at radius 1 is 1.15 bits per heavy atom. The van der Waals surface area contributed by atoms with Crippen molar-refractivity contribution < 1.29 is 9.53 Å². The largest absolute Gasteiger partial charge is 0.494 e. The molecule has 0 saturated carbocycles. The van der Waals surface area contributed by atoms with E-state index in [0.29, 0.717) is 18.0 Å². The molecule has 0 atom stereocenters. The minimum Gasteiger partial charge on any atom is -0.494 e. The molecule has 0 radical (unpaired) electrons. The van der Waals surface area contributed by atoms with Crippen LogP contribution in [0.1, 0.15) is 40.8 Å². The molecule has 0 fully saturated rings. The van der Waals surface area contributed by atoms with Gasteiger partial charge in [0.05, 0.1) is 35.6 Å². The Balaban J connectivity index is 1.42. The first-order valence-electron chi connectivity index (χ1n) is 10.8. The Morgan fingerprint density at radius 3 is 2.64 bits per heavy atom. The van der Waals surface area contributed by atoms with Crippen LogP contribution >= 0.6 is 0 Å². The Labute approximate surface area is 192 Å². The van der Waals surface area contributed by atoms with Crippen LogP contribution in [0.3, 0.4) is 0 Å². The van der Waals surface area contributed by atoms with Gasteiger partial charge in [-0.1, -0.05) is 25.1 Å². The van der Waals surface area contributed by atoms with E-state index in [0.717, 1.165) is 40.4 Å². The number of nitrogens with zero attached hydrogens (tertiary/aromatic N) is 4. The number of aromatic amines is 1. The first-order valence-corrected chi connectivity index (χ1v) is 10.8. The SMILES string of the molecule is CCCOc1ccc(-c2cc(C(=O)NN=Cc3c(C)nn(-c4ccccc4)c3C)[nH]n2)cc1. The summed E-state index contributed by atoms with van der Waals surface area (Å²) in [5.74, 6) is 0.434. The maximum absolute atomic E-state index is 12.5. The quantitative estimate of drug-likeness (QED) is 0.312. The number of hydrazone groups is 1. The summed E-state index contributed by atoms with van der Waals surface area (Å²) in [4.78, 5) is 12.5. The molecular weight excluding hydrogens is 416 g/mol. The van der Waals surface area contributed by atoms with Crippen molar-refractivity contribution in [3.8, 4) is 22.7 Å². The van der Waals surface area contributed by atoms with E-state index < -0.39 is 0 Å². The number of benzene rings is 2. The number of carbonyl (C=O) groups is 1. The Bertz CT molecular complexity index is 1260. The van der Waals surface area contributed by atoms with Crippen molar-refractivity contribution in [2.75, 3.05) is 6.61 Å². The van der Waals surface area contributed by atoms with Crippen LogP contribution in [0.4, 0.5) is 0 Å². The average Bonchev–Trinajstić information content (AvgIpc) is 3.44. The lowest BCUT2D eigenvalue weighted by Crippen LogP contribution is -2.18. The molecule has 0 spiro atoms. The van der Waals surface area contributed by atoms with Gasteiger partial charge in [-0.3, -0.25) is 9.89 Å². The summed E-state index contributed by atoms with van der Waals surface area (Å²) in [5, 5.41) is 15.7. The number of carbonyl (C=O) groups excluding carboxylic acids is 1. The molecule has 0 saturated heterocycles. The van der Waals surface area contributed by atoms with Gasteiger partial charge in [-0.05, 0) is 62.7 Å². The van der Waals surface area contributed by atoms with Crippen molar-refractivity contribution in [1.29, 1.82) is 0 Å². The van der Waals surface area contributed by atoms with Crippen molar-refractivity contribution in [3.63, 3.8) is 0 Å². The van der Waals surface area contributed by atoms with E-state index in [1.807, 2.05) is 73.1 Å². The van der Waals surface area contributed by atoms with Gasteiger partial charge in [-0.15, -0.1) is 0 Å². The van der Waals surface area contributed by atoms with Gasteiger partial charge in [0.2, 0.25) is 0 Å². The van der Waals surface area contributed by atoms with Gasteiger partial charge >= 0.3 is 0 Å². The van der Waals surface area contributed by atoms with E-state index in [1.54, 1.807) is 12.3 Å². The predicted octanol–water partition coefficient (Wildman–Crippen LogP) is 4.43. The molecule has 1 amide bonds. The molecule has 2 aromatic heterocycles. The maximum atomic E-state index is 12.5. The molecule has 168 valence electrons. The van der Waals surface area contributed by atoms with Crippen LogP contribution in [0.2, 0.25) is 0 Å². The summed E-state index contributed by atoms with van der Waals surface area (Å²) in [7, 11) is 0. The zero-order valence-corrected chi connectivity index (χ0v) is 18.9.